The second kappa shape index (κ2) is 2.57. The fourth-order valence-corrected chi connectivity index (χ4v) is 1.47. The average Bonchev–Trinajstić information content (AvgIpc) is 1.97. The van der Waals surface area contributed by atoms with Crippen LogP contribution in [0.3, 0.4) is 0 Å². The Morgan fingerprint density at radius 3 is 2.00 bits per heavy atom. The summed E-state index contributed by atoms with van der Waals surface area (Å²) in [6.07, 6.45) is 0. The quantitative estimate of drug-likeness (QED) is 0.528. The van der Waals surface area contributed by atoms with E-state index in [1.165, 1.54) is 0 Å². The highest BCUT2D eigenvalue weighted by atomic mass is 79.9. The van der Waals surface area contributed by atoms with Gasteiger partial charge in [-0.3, -0.25) is 14.9 Å². The maximum absolute atomic E-state index is 10.9. The number of hydrogen-bond acceptors (Lipinski definition) is 2. The molecule has 6 heteroatoms. The number of nitrogens with one attached hydrogen (secondary N) is 1. The van der Waals surface area contributed by atoms with Crippen molar-refractivity contribution in [2.45, 2.75) is 8.06 Å². The van der Waals surface area contributed by atoms with Gasteiger partial charge in [-0.1, -0.05) is 47.8 Å². The SMILES string of the molecule is O=C1NC(=O)C(Br)(Br)C1Br. The van der Waals surface area contributed by atoms with E-state index in [-0.39, 0.29) is 11.8 Å². The Kier molecular flexibility index (Phi) is 2.23. The van der Waals surface area contributed by atoms with E-state index >= 15 is 0 Å². The van der Waals surface area contributed by atoms with Gasteiger partial charge in [0.15, 0.2) is 3.23 Å². The molecule has 1 N–H and O–H groups in total. The van der Waals surface area contributed by atoms with Crippen molar-refractivity contribution in [3.05, 3.63) is 0 Å². The van der Waals surface area contributed by atoms with Crippen LogP contribution in [0.1, 0.15) is 0 Å². The Labute approximate surface area is 82.3 Å². The molecule has 1 unspecified atom stereocenters. The molecular weight excluding hydrogens is 334 g/mol. The molecule has 1 fully saturated rings. The first-order valence-corrected chi connectivity index (χ1v) is 4.83. The molecule has 3 nitrogen and oxygen atoms in total. The van der Waals surface area contributed by atoms with Crippen molar-refractivity contribution in [2.75, 3.05) is 0 Å². The van der Waals surface area contributed by atoms with E-state index in [4.69, 9.17) is 0 Å². The summed E-state index contributed by atoms with van der Waals surface area (Å²) in [5.74, 6) is -0.710. The van der Waals surface area contributed by atoms with Crippen LogP contribution in [-0.2, 0) is 9.59 Å². The Hall–Kier alpha value is 0.580. The van der Waals surface area contributed by atoms with Crippen molar-refractivity contribution in [1.29, 1.82) is 0 Å². The Morgan fingerprint density at radius 1 is 1.40 bits per heavy atom. The number of imide groups is 1. The van der Waals surface area contributed by atoms with Crippen LogP contribution in [0.15, 0.2) is 0 Å². The summed E-state index contributed by atoms with van der Waals surface area (Å²) in [6, 6.07) is 0. The van der Waals surface area contributed by atoms with Crippen LogP contribution in [0.25, 0.3) is 0 Å². The molecule has 0 aromatic rings. The minimum absolute atomic E-state index is 0.334. The smallest absolute Gasteiger partial charge is 0.256 e. The Balaban J connectivity index is 2.96. The minimum atomic E-state index is -0.975. The zero-order valence-electron chi connectivity index (χ0n) is 4.53. The van der Waals surface area contributed by atoms with Gasteiger partial charge in [0, 0.05) is 0 Å². The molecule has 0 spiro atoms. The molecule has 2 amide bonds. The molecule has 1 atom stereocenters. The monoisotopic (exact) mass is 333 g/mol. The van der Waals surface area contributed by atoms with E-state index < -0.39 is 8.06 Å². The maximum atomic E-state index is 10.9. The first kappa shape index (κ1) is 8.67. The van der Waals surface area contributed by atoms with E-state index in [1.54, 1.807) is 0 Å². The van der Waals surface area contributed by atoms with Gasteiger partial charge in [0.1, 0.15) is 4.83 Å². The Morgan fingerprint density at radius 2 is 1.90 bits per heavy atom. The third-order valence-corrected chi connectivity index (χ3v) is 5.06. The van der Waals surface area contributed by atoms with Crippen molar-refractivity contribution < 1.29 is 9.59 Å². The van der Waals surface area contributed by atoms with Crippen molar-refractivity contribution in [2.24, 2.45) is 0 Å². The summed E-state index contributed by atoms with van der Waals surface area (Å²) in [7, 11) is 0. The molecule has 1 heterocycles. The maximum Gasteiger partial charge on any atom is 0.256 e. The predicted molar refractivity (Wildman–Crippen MR) is 46.4 cm³/mol. The second-order valence-corrected chi connectivity index (χ2v) is 6.29. The predicted octanol–water partition coefficient (Wildman–Crippen LogP) is 0.892. The third-order valence-electron chi connectivity index (χ3n) is 1.09. The van der Waals surface area contributed by atoms with Crippen molar-refractivity contribution in [1.82, 2.24) is 5.32 Å². The molecule has 0 aliphatic carbocycles. The zero-order chi connectivity index (χ0) is 7.94. The van der Waals surface area contributed by atoms with Gasteiger partial charge in [-0.05, 0) is 0 Å². The van der Waals surface area contributed by atoms with Gasteiger partial charge in [0.25, 0.3) is 5.91 Å². The van der Waals surface area contributed by atoms with E-state index in [2.05, 4.69) is 53.1 Å². The van der Waals surface area contributed by atoms with Crippen LogP contribution in [0.4, 0.5) is 0 Å². The number of halogens is 3. The van der Waals surface area contributed by atoms with E-state index in [0.29, 0.717) is 0 Å². The highest BCUT2D eigenvalue weighted by Gasteiger charge is 2.50. The average molecular weight is 336 g/mol. The fourth-order valence-electron chi connectivity index (χ4n) is 0.538. The molecule has 1 aliphatic rings. The standard InChI is InChI=1S/C4H2Br3NO2/c5-1-2(9)8-3(10)4(1,6)7/h1H,(H,8,9,10). The molecule has 0 radical (unpaired) electrons. The summed E-state index contributed by atoms with van der Waals surface area (Å²) >= 11 is 9.14. The van der Waals surface area contributed by atoms with Crippen molar-refractivity contribution >= 4 is 59.6 Å². The number of carbonyl (C=O) groups is 2. The highest BCUT2D eigenvalue weighted by Crippen LogP contribution is 2.38. The number of carbonyl (C=O) groups excluding carboxylic acids is 2. The summed E-state index contributed by atoms with van der Waals surface area (Å²) < 4.78 is -0.975. The van der Waals surface area contributed by atoms with Gasteiger partial charge in [-0.15, -0.1) is 0 Å². The summed E-state index contributed by atoms with van der Waals surface area (Å²) in [5, 5.41) is 2.14. The van der Waals surface area contributed by atoms with Crippen LogP contribution < -0.4 is 5.32 Å². The highest BCUT2D eigenvalue weighted by molar-refractivity contribution is 9.26. The van der Waals surface area contributed by atoms with Crippen molar-refractivity contribution in [3.8, 4) is 0 Å². The summed E-state index contributed by atoms with van der Waals surface area (Å²) in [5.41, 5.74) is 0. The van der Waals surface area contributed by atoms with E-state index in [1.807, 2.05) is 0 Å². The Bertz CT molecular complexity index is 203. The number of hydrogen-bond donors (Lipinski definition) is 1. The molecule has 0 aromatic carbocycles. The summed E-state index contributed by atoms with van der Waals surface area (Å²) in [4.78, 5) is 21.1. The fraction of sp³-hybridized carbons (Fsp3) is 0.500. The number of alkyl halides is 3. The van der Waals surface area contributed by atoms with Crippen LogP contribution in [0.2, 0.25) is 0 Å². The topological polar surface area (TPSA) is 46.2 Å². The van der Waals surface area contributed by atoms with Crippen LogP contribution in [0.5, 0.6) is 0 Å². The van der Waals surface area contributed by atoms with Gasteiger partial charge < -0.3 is 0 Å². The number of amides is 2. The molecule has 1 rings (SSSR count). The molecule has 1 saturated heterocycles. The van der Waals surface area contributed by atoms with Gasteiger partial charge in [-0.2, -0.15) is 0 Å². The zero-order valence-corrected chi connectivity index (χ0v) is 9.29. The lowest BCUT2D eigenvalue weighted by atomic mass is 10.4. The normalized spacial score (nSPS) is 30.5. The first-order valence-electron chi connectivity index (χ1n) is 2.33. The lowest BCUT2D eigenvalue weighted by molar-refractivity contribution is -0.124. The number of rotatable bonds is 0. The molecular formula is C4H2Br3NO2. The van der Waals surface area contributed by atoms with Gasteiger partial charge in [-0.25, -0.2) is 0 Å². The largest absolute Gasteiger partial charge is 0.293 e. The van der Waals surface area contributed by atoms with Gasteiger partial charge in [0.2, 0.25) is 5.91 Å². The van der Waals surface area contributed by atoms with Crippen LogP contribution in [0, 0.1) is 0 Å². The second-order valence-electron chi connectivity index (χ2n) is 1.80. The lowest BCUT2D eigenvalue weighted by Gasteiger charge is -2.10. The molecule has 1 aliphatic heterocycles. The molecule has 10 heavy (non-hydrogen) atoms. The molecule has 0 aromatic heterocycles. The van der Waals surface area contributed by atoms with E-state index in [9.17, 15) is 9.59 Å². The third kappa shape index (κ3) is 1.16. The van der Waals surface area contributed by atoms with Crippen molar-refractivity contribution in [3.63, 3.8) is 0 Å². The van der Waals surface area contributed by atoms with Crippen LogP contribution in [-0.4, -0.2) is 19.9 Å². The molecule has 56 valence electrons. The molecule has 0 saturated carbocycles. The van der Waals surface area contributed by atoms with E-state index in [0.717, 1.165) is 0 Å². The molecule has 0 bridgehead atoms. The lowest BCUT2D eigenvalue weighted by Crippen LogP contribution is -2.29. The van der Waals surface area contributed by atoms with Gasteiger partial charge >= 0.3 is 0 Å². The summed E-state index contributed by atoms with van der Waals surface area (Å²) in [6.45, 7) is 0. The van der Waals surface area contributed by atoms with Crippen LogP contribution >= 0.6 is 47.8 Å². The first-order chi connectivity index (χ1) is 4.46. The minimum Gasteiger partial charge on any atom is -0.293 e. The van der Waals surface area contributed by atoms with Gasteiger partial charge in [0.05, 0.1) is 0 Å².